The number of hydrogen-bond donors (Lipinski definition) is 0. The monoisotopic (exact) mass is 461 g/mol. The fourth-order valence-corrected chi connectivity index (χ4v) is 4.03. The number of esters is 1. The van der Waals surface area contributed by atoms with Crippen molar-refractivity contribution in [3.63, 3.8) is 0 Å². The van der Waals surface area contributed by atoms with Gasteiger partial charge in [-0.2, -0.15) is 0 Å². The first-order valence-electron chi connectivity index (χ1n) is 10.4. The first kappa shape index (κ1) is 22.4. The highest BCUT2D eigenvalue weighted by Crippen LogP contribution is 2.31. The minimum absolute atomic E-state index is 0.123. The number of benzene rings is 2. The van der Waals surface area contributed by atoms with Gasteiger partial charge in [-0.05, 0) is 42.5 Å². The average Bonchev–Trinajstić information content (AvgIpc) is 3.32. The normalized spacial score (nSPS) is 10.9. The second kappa shape index (κ2) is 9.79. The summed E-state index contributed by atoms with van der Waals surface area (Å²) in [6, 6.07) is 17.6. The molecule has 0 amide bonds. The smallest absolute Gasteiger partial charge is 0.337 e. The molecule has 0 atom stereocenters. The van der Waals surface area contributed by atoms with Crippen LogP contribution in [0.4, 0.5) is 0 Å². The van der Waals surface area contributed by atoms with Crippen molar-refractivity contribution < 1.29 is 14.3 Å². The summed E-state index contributed by atoms with van der Waals surface area (Å²) in [7, 11) is 1.33. The van der Waals surface area contributed by atoms with Gasteiger partial charge in [0.1, 0.15) is 21.5 Å². The van der Waals surface area contributed by atoms with Crippen molar-refractivity contribution in [2.24, 2.45) is 0 Å². The molecule has 0 N–H and O–H groups in total. The predicted octanol–water partition coefficient (Wildman–Crippen LogP) is 5.12. The molecule has 8 heteroatoms. The highest BCUT2D eigenvalue weighted by molar-refractivity contribution is 7.14. The molecule has 0 bridgehead atoms. The van der Waals surface area contributed by atoms with Gasteiger partial charge in [0, 0.05) is 29.3 Å². The molecule has 0 aliphatic rings. The lowest BCUT2D eigenvalue weighted by Gasteiger charge is -2.14. The van der Waals surface area contributed by atoms with E-state index in [1.54, 1.807) is 52.4 Å². The van der Waals surface area contributed by atoms with Crippen molar-refractivity contribution in [3.8, 4) is 22.1 Å². The Morgan fingerprint density at radius 3 is 2.52 bits per heavy atom. The van der Waals surface area contributed by atoms with Gasteiger partial charge in [-0.15, -0.1) is 10.2 Å². The molecular weight excluding hydrogens is 438 g/mol. The lowest BCUT2D eigenvalue weighted by Crippen LogP contribution is -2.18. The molecule has 0 aliphatic carbocycles. The van der Waals surface area contributed by atoms with Crippen molar-refractivity contribution >= 4 is 17.3 Å². The zero-order valence-electron chi connectivity index (χ0n) is 18.5. The Morgan fingerprint density at radius 2 is 1.85 bits per heavy atom. The van der Waals surface area contributed by atoms with Gasteiger partial charge in [0.25, 0.3) is 5.56 Å². The molecule has 33 heavy (non-hydrogen) atoms. The Hall–Kier alpha value is -3.78. The Labute approximate surface area is 195 Å². The van der Waals surface area contributed by atoms with Crippen LogP contribution in [-0.4, -0.2) is 27.8 Å². The van der Waals surface area contributed by atoms with E-state index in [1.807, 2.05) is 24.3 Å². The van der Waals surface area contributed by atoms with Crippen LogP contribution in [0.2, 0.25) is 0 Å². The van der Waals surface area contributed by atoms with Gasteiger partial charge < -0.3 is 14.0 Å². The van der Waals surface area contributed by atoms with E-state index < -0.39 is 5.97 Å². The van der Waals surface area contributed by atoms with Crippen LogP contribution >= 0.6 is 11.3 Å². The van der Waals surface area contributed by atoms with Crippen molar-refractivity contribution in [3.05, 3.63) is 93.3 Å². The molecule has 0 unspecified atom stereocenters. The van der Waals surface area contributed by atoms with E-state index in [-0.39, 0.29) is 5.56 Å². The molecule has 0 saturated carbocycles. The summed E-state index contributed by atoms with van der Waals surface area (Å²) in [6.45, 7) is 4.48. The van der Waals surface area contributed by atoms with E-state index in [2.05, 4.69) is 24.0 Å². The van der Waals surface area contributed by atoms with Crippen molar-refractivity contribution in [2.75, 3.05) is 7.11 Å². The number of hydrogen-bond acceptors (Lipinski definition) is 7. The molecule has 4 aromatic rings. The minimum atomic E-state index is -0.462. The SMILES string of the molecule is COC(=O)c1ccc(Cn2ccccc2=O)c(Oc2ccc(-c3nnc(C(C)C)s3)cc2)c1. The third kappa shape index (κ3) is 5.18. The predicted molar refractivity (Wildman–Crippen MR) is 127 cm³/mol. The maximum absolute atomic E-state index is 12.2. The zero-order chi connectivity index (χ0) is 23.4. The lowest BCUT2D eigenvalue weighted by molar-refractivity contribution is 0.0600. The van der Waals surface area contributed by atoms with Crippen LogP contribution in [0.15, 0.2) is 71.7 Å². The second-order valence-corrected chi connectivity index (χ2v) is 8.72. The average molecular weight is 462 g/mol. The first-order valence-corrected chi connectivity index (χ1v) is 11.2. The largest absolute Gasteiger partial charge is 0.465 e. The molecule has 0 radical (unpaired) electrons. The summed E-state index contributed by atoms with van der Waals surface area (Å²) in [5, 5.41) is 10.4. The van der Waals surface area contributed by atoms with Crippen molar-refractivity contribution in [2.45, 2.75) is 26.3 Å². The third-order valence-electron chi connectivity index (χ3n) is 4.99. The van der Waals surface area contributed by atoms with Gasteiger partial charge in [-0.25, -0.2) is 4.79 Å². The van der Waals surface area contributed by atoms with Gasteiger partial charge in [-0.3, -0.25) is 4.79 Å². The van der Waals surface area contributed by atoms with Crippen LogP contribution in [-0.2, 0) is 11.3 Å². The van der Waals surface area contributed by atoms with Crippen LogP contribution in [0.3, 0.4) is 0 Å². The standard InChI is InChI=1S/C25H23N3O4S/c1-16(2)23-26-27-24(33-23)17-9-11-20(12-10-17)32-21-14-18(25(30)31-3)7-8-19(21)15-28-13-5-4-6-22(28)29/h4-14,16H,15H2,1-3H3. The number of pyridine rings is 1. The zero-order valence-corrected chi connectivity index (χ0v) is 19.3. The molecule has 168 valence electrons. The minimum Gasteiger partial charge on any atom is -0.465 e. The molecule has 4 rings (SSSR count). The summed E-state index contributed by atoms with van der Waals surface area (Å²) in [4.78, 5) is 24.2. The Morgan fingerprint density at radius 1 is 1.06 bits per heavy atom. The Balaban J connectivity index is 1.63. The summed E-state index contributed by atoms with van der Waals surface area (Å²) < 4.78 is 12.6. The van der Waals surface area contributed by atoms with Crippen LogP contribution in [0.25, 0.3) is 10.6 Å². The molecule has 0 aliphatic heterocycles. The number of aromatic nitrogens is 3. The molecule has 2 aromatic carbocycles. The first-order chi connectivity index (χ1) is 15.9. The van der Waals surface area contributed by atoms with E-state index >= 15 is 0 Å². The molecule has 7 nitrogen and oxygen atoms in total. The summed E-state index contributed by atoms with van der Waals surface area (Å²) >= 11 is 1.57. The quantitative estimate of drug-likeness (QED) is 0.355. The van der Waals surface area contributed by atoms with E-state index in [0.29, 0.717) is 29.5 Å². The molecule has 0 saturated heterocycles. The number of carbonyl (C=O) groups is 1. The Kier molecular flexibility index (Phi) is 6.65. The van der Waals surface area contributed by atoms with Crippen molar-refractivity contribution in [1.29, 1.82) is 0 Å². The van der Waals surface area contributed by atoms with Gasteiger partial charge in [0.15, 0.2) is 0 Å². The highest BCUT2D eigenvalue weighted by Gasteiger charge is 2.14. The highest BCUT2D eigenvalue weighted by atomic mass is 32.1. The molecular formula is C25H23N3O4S. The number of methoxy groups -OCH3 is 1. The summed E-state index contributed by atoms with van der Waals surface area (Å²) in [5.41, 5.74) is 1.95. The molecule has 2 aromatic heterocycles. The topological polar surface area (TPSA) is 83.3 Å². The fourth-order valence-electron chi connectivity index (χ4n) is 3.18. The maximum Gasteiger partial charge on any atom is 0.337 e. The second-order valence-electron chi connectivity index (χ2n) is 7.71. The van der Waals surface area contributed by atoms with E-state index in [9.17, 15) is 9.59 Å². The van der Waals surface area contributed by atoms with E-state index in [4.69, 9.17) is 9.47 Å². The van der Waals surface area contributed by atoms with E-state index in [1.165, 1.54) is 13.2 Å². The molecule has 0 fully saturated rings. The number of nitrogens with zero attached hydrogens (tertiary/aromatic N) is 3. The Bertz CT molecular complexity index is 1330. The van der Waals surface area contributed by atoms with Crippen LogP contribution in [0.1, 0.15) is 40.7 Å². The number of carbonyl (C=O) groups excluding carboxylic acids is 1. The maximum atomic E-state index is 12.2. The number of rotatable bonds is 7. The number of ether oxygens (including phenoxy) is 2. The van der Waals surface area contributed by atoms with Gasteiger partial charge in [0.05, 0.1) is 19.2 Å². The fraction of sp³-hybridized carbons (Fsp3) is 0.200. The van der Waals surface area contributed by atoms with Gasteiger partial charge in [-0.1, -0.05) is 37.3 Å². The third-order valence-corrected chi connectivity index (χ3v) is 6.26. The molecule has 2 heterocycles. The molecule has 0 spiro atoms. The van der Waals surface area contributed by atoms with Gasteiger partial charge in [0.2, 0.25) is 0 Å². The van der Waals surface area contributed by atoms with E-state index in [0.717, 1.165) is 21.1 Å². The summed E-state index contributed by atoms with van der Waals surface area (Å²) in [5.74, 6) is 0.933. The van der Waals surface area contributed by atoms with Crippen LogP contribution < -0.4 is 10.3 Å². The summed E-state index contributed by atoms with van der Waals surface area (Å²) in [6.07, 6.45) is 1.71. The van der Waals surface area contributed by atoms with Crippen LogP contribution in [0.5, 0.6) is 11.5 Å². The van der Waals surface area contributed by atoms with Crippen molar-refractivity contribution in [1.82, 2.24) is 14.8 Å². The lowest BCUT2D eigenvalue weighted by atomic mass is 10.1. The van der Waals surface area contributed by atoms with Crippen LogP contribution in [0, 0.1) is 0 Å². The van der Waals surface area contributed by atoms with Gasteiger partial charge >= 0.3 is 5.97 Å².